The molecular formula is C58H74FN9O10S. The van der Waals surface area contributed by atoms with E-state index in [-0.39, 0.29) is 56.7 Å². The van der Waals surface area contributed by atoms with Crippen LogP contribution in [-0.4, -0.2) is 111 Å². The Hall–Kier alpha value is -7.26. The Balaban J connectivity index is 0.915. The summed E-state index contributed by atoms with van der Waals surface area (Å²) < 4.78 is 20.6. The van der Waals surface area contributed by atoms with E-state index in [4.69, 9.17) is 10.5 Å². The third-order valence-corrected chi connectivity index (χ3v) is 15.3. The second-order valence-electron chi connectivity index (χ2n) is 22.9. The average molecular weight is 1110 g/mol. The lowest BCUT2D eigenvalue weighted by Gasteiger charge is -2.35. The molecule has 4 aromatic rings. The van der Waals surface area contributed by atoms with Crippen molar-refractivity contribution >= 4 is 70.2 Å². The predicted octanol–water partition coefficient (Wildman–Crippen LogP) is 6.22. The Labute approximate surface area is 464 Å². The molecule has 8 N–H and O–H groups in total. The summed E-state index contributed by atoms with van der Waals surface area (Å²) in [4.78, 5) is 117. The number of thiazole rings is 1. The smallest absolute Gasteiger partial charge is 0.408 e. The molecule has 8 amide bonds. The van der Waals surface area contributed by atoms with E-state index in [9.17, 15) is 43.5 Å². The van der Waals surface area contributed by atoms with Gasteiger partial charge in [-0.2, -0.15) is 0 Å². The Kier molecular flexibility index (Phi) is 19.0. The number of primary amides is 1. The molecule has 0 radical (unpaired) electrons. The number of likely N-dealkylation sites (tertiary alicyclic amines) is 1. The van der Waals surface area contributed by atoms with Crippen LogP contribution in [0.1, 0.15) is 134 Å². The van der Waals surface area contributed by atoms with Crippen LogP contribution in [0.5, 0.6) is 0 Å². The molecule has 79 heavy (non-hydrogen) atoms. The number of aryl methyl sites for hydroxylation is 3. The first-order valence-corrected chi connectivity index (χ1v) is 27.8. The number of nitrogens with zero attached hydrogens (tertiary/aromatic N) is 3. The number of para-hydroxylation sites is 1. The highest BCUT2D eigenvalue weighted by Crippen LogP contribution is 2.39. The molecule has 0 saturated carbocycles. The van der Waals surface area contributed by atoms with Gasteiger partial charge in [0, 0.05) is 37.9 Å². The summed E-state index contributed by atoms with van der Waals surface area (Å²) in [6, 6.07) is 11.6. The summed E-state index contributed by atoms with van der Waals surface area (Å²) in [5.74, 6) is -4.55. The zero-order chi connectivity index (χ0) is 57.5. The zero-order valence-corrected chi connectivity index (χ0v) is 47.0. The van der Waals surface area contributed by atoms with Crippen molar-refractivity contribution in [2.24, 2.45) is 11.1 Å². The van der Waals surface area contributed by atoms with E-state index in [2.05, 4.69) is 31.6 Å². The van der Waals surface area contributed by atoms with E-state index in [1.54, 1.807) is 43.7 Å². The fourth-order valence-corrected chi connectivity index (χ4v) is 11.2. The number of carbonyl (C=O) groups excluding carboxylic acids is 8. The largest absolute Gasteiger partial charge is 0.444 e. The number of hydrogen-bond donors (Lipinski definition) is 7. The summed E-state index contributed by atoms with van der Waals surface area (Å²) in [5.41, 5.74) is 11.3. The van der Waals surface area contributed by atoms with Crippen LogP contribution in [0.3, 0.4) is 0 Å². The molecule has 0 unspecified atom stereocenters. The maximum Gasteiger partial charge on any atom is 0.408 e. The highest BCUT2D eigenvalue weighted by atomic mass is 32.1. The summed E-state index contributed by atoms with van der Waals surface area (Å²) >= 11 is 1.55. The number of benzene rings is 3. The Morgan fingerprint density at radius 1 is 0.899 bits per heavy atom. The number of aliphatic hydroxyl groups is 1. The van der Waals surface area contributed by atoms with Gasteiger partial charge >= 0.3 is 6.09 Å². The number of amides is 8. The minimum Gasteiger partial charge on any atom is -0.444 e. The van der Waals surface area contributed by atoms with Crippen LogP contribution >= 0.6 is 11.3 Å². The number of rotatable bonds is 20. The Morgan fingerprint density at radius 2 is 1.61 bits per heavy atom. The molecule has 19 nitrogen and oxygen atoms in total. The topological polar surface area (TPSA) is 272 Å². The molecule has 0 spiro atoms. The minimum absolute atomic E-state index is 0.0497. The van der Waals surface area contributed by atoms with Crippen molar-refractivity contribution in [3.8, 4) is 10.4 Å². The highest BCUT2D eigenvalue weighted by Gasteiger charge is 2.46. The van der Waals surface area contributed by atoms with Gasteiger partial charge in [-0.25, -0.2) is 14.2 Å². The Bertz CT molecular complexity index is 2940. The number of ether oxygens (including phenoxy) is 1. The molecule has 3 aromatic carbocycles. The van der Waals surface area contributed by atoms with Crippen molar-refractivity contribution < 1.29 is 52.6 Å². The number of nitrogens with two attached hydrogens (primary N) is 1. The third kappa shape index (κ3) is 15.3. The van der Waals surface area contributed by atoms with Gasteiger partial charge in [-0.1, -0.05) is 69.7 Å². The monoisotopic (exact) mass is 1110 g/mol. The SMILES string of the molecule is Cc1ncsc1-c1ccc([C@H](C)NC(=O)[C@@H]2C[C@@H](O)CN2C(=O)[C@@H](NC(=O)CCCCCc2cc(F)cc(NC(=O)[C@H](CCC(N)=O)NC(=O)[C@@H]3Cc4cccc5c4N3C(=O)[C@@H](NC(=O)OC(C)(C)C)CC5)c2)C(C)(C)C)cc1. The van der Waals surface area contributed by atoms with Crippen molar-refractivity contribution in [1.82, 2.24) is 31.2 Å². The number of alkyl carbamates (subject to hydrolysis) is 1. The maximum absolute atomic E-state index is 15.1. The van der Waals surface area contributed by atoms with Gasteiger partial charge in [0.25, 0.3) is 0 Å². The molecule has 21 heteroatoms. The van der Waals surface area contributed by atoms with E-state index in [0.717, 1.165) is 38.9 Å². The van der Waals surface area contributed by atoms with Gasteiger partial charge in [-0.15, -0.1) is 11.3 Å². The highest BCUT2D eigenvalue weighted by molar-refractivity contribution is 7.13. The van der Waals surface area contributed by atoms with Crippen LogP contribution in [0.4, 0.5) is 20.6 Å². The zero-order valence-electron chi connectivity index (χ0n) is 46.2. The van der Waals surface area contributed by atoms with E-state index in [1.807, 2.05) is 77.1 Å². The van der Waals surface area contributed by atoms with Crippen LogP contribution in [-0.2, 0) is 57.6 Å². The number of carbonyl (C=O) groups is 8. The second-order valence-corrected chi connectivity index (χ2v) is 23.8. The van der Waals surface area contributed by atoms with Crippen molar-refractivity contribution in [1.29, 1.82) is 0 Å². The van der Waals surface area contributed by atoms with Gasteiger partial charge in [0.05, 0.1) is 33.9 Å². The number of aromatic nitrogens is 1. The summed E-state index contributed by atoms with van der Waals surface area (Å²) in [5, 5.41) is 24.7. The first-order chi connectivity index (χ1) is 37.3. The number of hydrogen-bond acceptors (Lipinski definition) is 12. The molecule has 3 aliphatic heterocycles. The first kappa shape index (κ1) is 59.4. The molecule has 1 aromatic heterocycles. The van der Waals surface area contributed by atoms with Crippen molar-refractivity contribution in [2.75, 3.05) is 16.8 Å². The lowest BCUT2D eigenvalue weighted by molar-refractivity contribution is -0.144. The summed E-state index contributed by atoms with van der Waals surface area (Å²) in [6.45, 7) is 14.3. The number of nitrogens with one attached hydrogen (secondary N) is 5. The predicted molar refractivity (Wildman–Crippen MR) is 297 cm³/mol. The van der Waals surface area contributed by atoms with Gasteiger partial charge < -0.3 is 47.1 Å². The molecule has 3 aliphatic rings. The lowest BCUT2D eigenvalue weighted by Crippen LogP contribution is -2.57. The number of unbranched alkanes of at least 4 members (excludes halogenated alkanes) is 2. The molecule has 7 atom stereocenters. The van der Waals surface area contributed by atoms with Crippen LogP contribution in [0.15, 0.2) is 66.2 Å². The van der Waals surface area contributed by atoms with Crippen molar-refractivity contribution in [3.63, 3.8) is 0 Å². The number of aliphatic hydroxyl groups excluding tert-OH is 1. The quantitative estimate of drug-likeness (QED) is 0.0489. The van der Waals surface area contributed by atoms with Crippen LogP contribution in [0, 0.1) is 18.2 Å². The molecule has 4 heterocycles. The molecular weight excluding hydrogens is 1030 g/mol. The summed E-state index contributed by atoms with van der Waals surface area (Å²) in [6.07, 6.45) is 0.662. The minimum atomic E-state index is -1.32. The number of halogens is 1. The molecule has 0 aliphatic carbocycles. The first-order valence-electron chi connectivity index (χ1n) is 27.0. The number of β-amino-alcohol motifs (C(OH)–C–C–N with tert-alkyl or cyclic N) is 1. The standard InChI is InChI=1S/C58H74FN9O10S/c1-32(35-17-19-37(20-18-35)49-33(2)61-31-79-49)62-52(73)44-29-41(69)30-67(44)55(76)50(57(3,4)5)66-47(71)16-11-9-10-13-34-25-39(59)28-40(26-34)63-51(72)42(23-24-46(60)70)64-53(74)45-27-38-15-12-14-36-21-22-43(54(75)68(45)48(36)38)65-56(77)78-58(6,7)8/h12,14-15,17-20,25-26,28,31-32,41-45,50,69H,9-11,13,16,21-24,27,29-30H2,1-8H3,(H2,60,70)(H,62,73)(H,63,72)(H,64,74)(H,65,77)(H,66,71)/t32-,41+,42-,43-,44-,45-,50+/m0/s1. The van der Waals surface area contributed by atoms with Gasteiger partial charge in [0.1, 0.15) is 41.6 Å². The molecule has 1 saturated heterocycles. The second kappa shape index (κ2) is 25.2. The normalized spacial score (nSPS) is 19.1. The third-order valence-electron chi connectivity index (χ3n) is 14.4. The van der Waals surface area contributed by atoms with Crippen LogP contribution in [0.2, 0.25) is 0 Å². The average Bonchev–Trinajstić information content (AvgIpc) is 4.17. The lowest BCUT2D eigenvalue weighted by atomic mass is 9.85. The van der Waals surface area contributed by atoms with E-state index in [1.165, 1.54) is 15.9 Å². The van der Waals surface area contributed by atoms with E-state index < -0.39 is 101 Å². The number of anilines is 2. The van der Waals surface area contributed by atoms with Crippen LogP contribution < -0.4 is 37.2 Å². The van der Waals surface area contributed by atoms with Gasteiger partial charge in [-0.05, 0) is 125 Å². The molecule has 0 bridgehead atoms. The van der Waals surface area contributed by atoms with E-state index in [0.29, 0.717) is 43.4 Å². The molecule has 1 fully saturated rings. The Morgan fingerprint density at radius 3 is 2.28 bits per heavy atom. The fraction of sp³-hybridized carbons (Fsp3) is 0.500. The van der Waals surface area contributed by atoms with Gasteiger partial charge in [0.15, 0.2) is 0 Å². The molecule has 424 valence electrons. The molecule has 7 rings (SSSR count). The van der Waals surface area contributed by atoms with Crippen molar-refractivity contribution in [3.05, 3.63) is 99.9 Å². The van der Waals surface area contributed by atoms with Gasteiger partial charge in [-0.3, -0.25) is 38.5 Å². The maximum atomic E-state index is 15.1. The van der Waals surface area contributed by atoms with Gasteiger partial charge in [0.2, 0.25) is 41.4 Å². The van der Waals surface area contributed by atoms with Crippen molar-refractivity contribution in [2.45, 2.75) is 174 Å². The summed E-state index contributed by atoms with van der Waals surface area (Å²) in [7, 11) is 0. The van der Waals surface area contributed by atoms with Crippen LogP contribution in [0.25, 0.3) is 10.4 Å². The van der Waals surface area contributed by atoms with E-state index >= 15 is 4.39 Å². The fourth-order valence-electron chi connectivity index (χ4n) is 10.4.